The predicted octanol–water partition coefficient (Wildman–Crippen LogP) is 1.15. The number of aromatic nitrogens is 3. The van der Waals surface area contributed by atoms with Crippen molar-refractivity contribution in [2.75, 3.05) is 19.7 Å². The summed E-state index contributed by atoms with van der Waals surface area (Å²) < 4.78 is 1.74. The van der Waals surface area contributed by atoms with Crippen molar-refractivity contribution in [1.29, 1.82) is 0 Å². The first-order chi connectivity index (χ1) is 10.7. The van der Waals surface area contributed by atoms with Gasteiger partial charge >= 0.3 is 0 Å². The van der Waals surface area contributed by atoms with Crippen molar-refractivity contribution in [3.05, 3.63) is 48.0 Å². The van der Waals surface area contributed by atoms with Crippen LogP contribution in [0.3, 0.4) is 0 Å². The number of aliphatic hydroxyl groups is 1. The molecule has 6 nitrogen and oxygen atoms in total. The van der Waals surface area contributed by atoms with Crippen LogP contribution in [0.5, 0.6) is 0 Å². The third-order valence-electron chi connectivity index (χ3n) is 4.30. The van der Waals surface area contributed by atoms with Gasteiger partial charge < -0.3 is 10.0 Å². The summed E-state index contributed by atoms with van der Waals surface area (Å²) >= 11 is 0. The number of rotatable bonds is 4. The molecule has 1 N–H and O–H groups in total. The van der Waals surface area contributed by atoms with Crippen LogP contribution in [0.25, 0.3) is 0 Å². The van der Waals surface area contributed by atoms with Crippen molar-refractivity contribution in [1.82, 2.24) is 19.7 Å². The van der Waals surface area contributed by atoms with Gasteiger partial charge in [-0.3, -0.25) is 14.5 Å². The number of aliphatic hydroxyl groups excluding tert-OH is 1. The molecule has 1 saturated heterocycles. The highest BCUT2D eigenvalue weighted by atomic mass is 16.3. The average Bonchev–Trinajstić information content (AvgIpc) is 3.21. The molecular weight excluding hydrogens is 280 g/mol. The maximum atomic E-state index is 12.6. The van der Waals surface area contributed by atoms with E-state index < -0.39 is 0 Å². The first kappa shape index (κ1) is 14.7. The van der Waals surface area contributed by atoms with Gasteiger partial charge in [-0.1, -0.05) is 0 Å². The first-order valence-corrected chi connectivity index (χ1v) is 7.55. The second-order valence-corrected chi connectivity index (χ2v) is 5.62. The van der Waals surface area contributed by atoms with Crippen molar-refractivity contribution in [3.63, 3.8) is 0 Å². The molecule has 3 heterocycles. The van der Waals surface area contributed by atoms with Crippen molar-refractivity contribution < 1.29 is 9.90 Å². The molecule has 0 spiro atoms. The zero-order chi connectivity index (χ0) is 15.5. The summed E-state index contributed by atoms with van der Waals surface area (Å²) in [5.74, 6) is 0.195. The van der Waals surface area contributed by atoms with E-state index in [1.807, 2.05) is 24.0 Å². The second-order valence-electron chi connectivity index (χ2n) is 5.62. The summed E-state index contributed by atoms with van der Waals surface area (Å²) in [6.45, 7) is 3.99. The molecule has 116 valence electrons. The van der Waals surface area contributed by atoms with Gasteiger partial charge in [0.2, 0.25) is 0 Å². The lowest BCUT2D eigenvalue weighted by Crippen LogP contribution is -2.29. The lowest BCUT2D eigenvalue weighted by molar-refractivity contribution is 0.0781. The molecule has 0 aliphatic carbocycles. The van der Waals surface area contributed by atoms with Crippen molar-refractivity contribution in [3.8, 4) is 0 Å². The Morgan fingerprint density at radius 3 is 2.77 bits per heavy atom. The molecule has 1 fully saturated rings. The van der Waals surface area contributed by atoms with Crippen molar-refractivity contribution >= 4 is 5.91 Å². The quantitative estimate of drug-likeness (QED) is 0.919. The Balaban J connectivity index is 1.77. The number of nitrogens with zero attached hydrogens (tertiary/aromatic N) is 4. The molecule has 0 radical (unpaired) electrons. The number of likely N-dealkylation sites (tertiary alicyclic amines) is 1. The van der Waals surface area contributed by atoms with Crippen molar-refractivity contribution in [2.24, 2.45) is 5.92 Å². The largest absolute Gasteiger partial charge is 0.396 e. The van der Waals surface area contributed by atoms with Crippen LogP contribution in [0.4, 0.5) is 0 Å². The lowest BCUT2D eigenvalue weighted by atomic mass is 9.90. The number of carbonyl (C=O) groups excluding carboxylic acids is 1. The van der Waals surface area contributed by atoms with E-state index in [2.05, 4.69) is 10.1 Å². The van der Waals surface area contributed by atoms with Gasteiger partial charge in [0.1, 0.15) is 0 Å². The fourth-order valence-corrected chi connectivity index (χ4v) is 3.04. The van der Waals surface area contributed by atoms with E-state index in [4.69, 9.17) is 0 Å². The summed E-state index contributed by atoms with van der Waals surface area (Å²) in [6, 6.07) is 3.91. The topological polar surface area (TPSA) is 71.2 Å². The molecule has 2 aromatic rings. The van der Waals surface area contributed by atoms with Crippen molar-refractivity contribution in [2.45, 2.75) is 19.4 Å². The minimum atomic E-state index is -0.0188. The van der Waals surface area contributed by atoms with E-state index in [9.17, 15) is 9.90 Å². The van der Waals surface area contributed by atoms with E-state index in [1.165, 1.54) is 0 Å². The van der Waals surface area contributed by atoms with Crippen LogP contribution in [0.15, 0.2) is 36.9 Å². The molecule has 1 aliphatic rings. The highest BCUT2D eigenvalue weighted by molar-refractivity contribution is 5.94. The Morgan fingerprint density at radius 1 is 1.36 bits per heavy atom. The van der Waals surface area contributed by atoms with E-state index in [0.717, 1.165) is 12.1 Å². The fraction of sp³-hybridized carbons (Fsp3) is 0.438. The molecule has 0 aromatic carbocycles. The van der Waals surface area contributed by atoms with Gasteiger partial charge in [-0.05, 0) is 24.6 Å². The third kappa shape index (κ3) is 2.74. The van der Waals surface area contributed by atoms with Crippen LogP contribution >= 0.6 is 0 Å². The summed E-state index contributed by atoms with van der Waals surface area (Å²) in [7, 11) is 0. The summed E-state index contributed by atoms with van der Waals surface area (Å²) in [4.78, 5) is 18.4. The molecule has 1 amide bonds. The van der Waals surface area contributed by atoms with Crippen LogP contribution in [-0.2, 0) is 6.54 Å². The normalized spacial score (nSPS) is 21.3. The van der Waals surface area contributed by atoms with Crippen LogP contribution in [-0.4, -0.2) is 50.4 Å². The predicted molar refractivity (Wildman–Crippen MR) is 81.4 cm³/mol. The van der Waals surface area contributed by atoms with Crippen LogP contribution < -0.4 is 0 Å². The maximum Gasteiger partial charge on any atom is 0.257 e. The number of aryl methyl sites for hydroxylation is 1. The highest BCUT2D eigenvalue weighted by Gasteiger charge is 2.36. The minimum Gasteiger partial charge on any atom is -0.396 e. The Labute approximate surface area is 129 Å². The lowest BCUT2D eigenvalue weighted by Gasteiger charge is -2.16. The fourth-order valence-electron chi connectivity index (χ4n) is 3.04. The third-order valence-corrected chi connectivity index (χ3v) is 4.30. The summed E-state index contributed by atoms with van der Waals surface area (Å²) in [6.07, 6.45) is 6.88. The molecule has 0 saturated carbocycles. The van der Waals surface area contributed by atoms with Gasteiger partial charge in [0, 0.05) is 56.7 Å². The van der Waals surface area contributed by atoms with Crippen LogP contribution in [0.2, 0.25) is 0 Å². The Hall–Kier alpha value is -2.21. The van der Waals surface area contributed by atoms with Crippen LogP contribution in [0.1, 0.15) is 28.8 Å². The second kappa shape index (κ2) is 6.27. The van der Waals surface area contributed by atoms with E-state index in [1.54, 1.807) is 29.5 Å². The standard InChI is InChI=1S/C16H20N4O2/c1-2-20-9-13(7-18-20)16(22)19-8-14(11-21)15(10-19)12-3-5-17-6-4-12/h3-7,9,14-15,21H,2,8,10-11H2,1H3/t14-,15-/m0/s1. The van der Waals surface area contributed by atoms with Gasteiger partial charge in [-0.2, -0.15) is 5.10 Å². The molecular formula is C16H20N4O2. The molecule has 2 atom stereocenters. The van der Waals surface area contributed by atoms with Gasteiger partial charge in [0.15, 0.2) is 0 Å². The summed E-state index contributed by atoms with van der Waals surface area (Å²) in [5.41, 5.74) is 1.72. The molecule has 22 heavy (non-hydrogen) atoms. The van der Waals surface area contributed by atoms with E-state index in [-0.39, 0.29) is 24.3 Å². The number of amides is 1. The number of hydrogen-bond acceptors (Lipinski definition) is 4. The van der Waals surface area contributed by atoms with Gasteiger partial charge in [-0.25, -0.2) is 0 Å². The van der Waals surface area contributed by atoms with Gasteiger partial charge in [-0.15, -0.1) is 0 Å². The molecule has 1 aliphatic heterocycles. The van der Waals surface area contributed by atoms with E-state index >= 15 is 0 Å². The monoisotopic (exact) mass is 300 g/mol. The number of pyridine rings is 1. The molecule has 0 bridgehead atoms. The first-order valence-electron chi connectivity index (χ1n) is 7.55. The molecule has 6 heteroatoms. The zero-order valence-corrected chi connectivity index (χ0v) is 12.6. The van der Waals surface area contributed by atoms with Crippen LogP contribution in [0, 0.1) is 5.92 Å². The Morgan fingerprint density at radius 2 is 2.14 bits per heavy atom. The molecule has 3 rings (SSSR count). The van der Waals surface area contributed by atoms with E-state index in [0.29, 0.717) is 18.7 Å². The SMILES string of the molecule is CCn1cc(C(=O)N2C[C@@H](CO)[C@H](c3ccncc3)C2)cn1. The highest BCUT2D eigenvalue weighted by Crippen LogP contribution is 2.32. The maximum absolute atomic E-state index is 12.6. The number of carbonyl (C=O) groups is 1. The smallest absolute Gasteiger partial charge is 0.257 e. The Bertz CT molecular complexity index is 641. The number of hydrogen-bond donors (Lipinski definition) is 1. The molecule has 2 aromatic heterocycles. The zero-order valence-electron chi connectivity index (χ0n) is 12.6. The summed E-state index contributed by atoms with van der Waals surface area (Å²) in [5, 5.41) is 13.8. The molecule has 0 unspecified atom stereocenters. The minimum absolute atomic E-state index is 0.0188. The Kier molecular flexibility index (Phi) is 4.20. The van der Waals surface area contributed by atoms with Gasteiger partial charge in [0.25, 0.3) is 5.91 Å². The average molecular weight is 300 g/mol. The van der Waals surface area contributed by atoms with Gasteiger partial charge in [0.05, 0.1) is 11.8 Å².